The van der Waals surface area contributed by atoms with Gasteiger partial charge in [0.1, 0.15) is 0 Å². The summed E-state index contributed by atoms with van der Waals surface area (Å²) in [4.78, 5) is 12.6. The Kier molecular flexibility index (Phi) is 5.20. The molecule has 0 saturated heterocycles. The quantitative estimate of drug-likeness (QED) is 0.788. The number of nitrogens with zero attached hydrogens (tertiary/aromatic N) is 1. The van der Waals surface area contributed by atoms with Crippen LogP contribution in [0.3, 0.4) is 0 Å². The zero-order valence-electron chi connectivity index (χ0n) is 13.3. The van der Waals surface area contributed by atoms with E-state index in [0.717, 1.165) is 42.5 Å². The van der Waals surface area contributed by atoms with Crippen LogP contribution in [0.5, 0.6) is 0 Å². The van der Waals surface area contributed by atoms with E-state index in [-0.39, 0.29) is 11.6 Å². The van der Waals surface area contributed by atoms with E-state index in [4.69, 9.17) is 0 Å². The molecule has 0 bridgehead atoms. The van der Waals surface area contributed by atoms with Crippen LogP contribution in [0.15, 0.2) is 18.2 Å². The Balaban J connectivity index is 2.22. The molecule has 0 heterocycles. The maximum atomic E-state index is 12.6. The van der Waals surface area contributed by atoms with E-state index >= 15 is 0 Å². The third-order valence-corrected chi connectivity index (χ3v) is 4.87. The minimum atomic E-state index is -0.113. The molecule has 1 saturated carbocycles. The first-order chi connectivity index (χ1) is 10.0. The van der Waals surface area contributed by atoms with E-state index in [0.29, 0.717) is 0 Å². The van der Waals surface area contributed by atoms with Gasteiger partial charge in [0.25, 0.3) is 0 Å². The number of amides is 2. The van der Waals surface area contributed by atoms with Crippen molar-refractivity contribution in [2.24, 2.45) is 0 Å². The summed E-state index contributed by atoms with van der Waals surface area (Å²) in [5.41, 5.74) is 3.20. The summed E-state index contributed by atoms with van der Waals surface area (Å²) in [7, 11) is 0. The molecule has 4 heteroatoms. The van der Waals surface area contributed by atoms with Crippen LogP contribution in [0.2, 0.25) is 0 Å². The highest BCUT2D eigenvalue weighted by molar-refractivity contribution is 7.82. The van der Waals surface area contributed by atoms with Crippen LogP contribution in [0.4, 0.5) is 10.5 Å². The molecule has 2 amide bonds. The minimum Gasteiger partial charge on any atom is -0.332 e. The third kappa shape index (κ3) is 3.54. The molecule has 0 radical (unpaired) electrons. The number of thiol groups is 1. The predicted molar refractivity (Wildman–Crippen MR) is 92.1 cm³/mol. The lowest BCUT2D eigenvalue weighted by molar-refractivity contribution is 0.237. The van der Waals surface area contributed by atoms with Crippen molar-refractivity contribution in [3.8, 4) is 0 Å². The van der Waals surface area contributed by atoms with Crippen LogP contribution in [0.25, 0.3) is 0 Å². The Labute approximate surface area is 133 Å². The van der Waals surface area contributed by atoms with Crippen LogP contribution in [0, 0.1) is 0 Å². The topological polar surface area (TPSA) is 32.3 Å². The van der Waals surface area contributed by atoms with Gasteiger partial charge in [-0.3, -0.25) is 0 Å². The fourth-order valence-electron chi connectivity index (χ4n) is 3.18. The van der Waals surface area contributed by atoms with Crippen molar-refractivity contribution in [1.29, 1.82) is 0 Å². The van der Waals surface area contributed by atoms with Crippen LogP contribution >= 0.6 is 12.8 Å². The first kappa shape index (κ1) is 16.2. The fourth-order valence-corrected chi connectivity index (χ4v) is 3.49. The first-order valence-corrected chi connectivity index (χ1v) is 8.32. The van der Waals surface area contributed by atoms with Gasteiger partial charge in [-0.2, -0.15) is 0 Å². The number of nitrogens with one attached hydrogen (secondary N) is 1. The van der Waals surface area contributed by atoms with E-state index in [9.17, 15) is 4.79 Å². The summed E-state index contributed by atoms with van der Waals surface area (Å²) in [6, 6.07) is 6.09. The second kappa shape index (κ2) is 6.73. The van der Waals surface area contributed by atoms with Crippen LogP contribution in [-0.2, 0) is 12.8 Å². The average Bonchev–Trinajstić information content (AvgIpc) is 2.91. The van der Waals surface area contributed by atoms with Gasteiger partial charge in [0.05, 0.1) is 5.69 Å². The number of benzene rings is 1. The summed E-state index contributed by atoms with van der Waals surface area (Å²) in [5, 5.41) is 3.17. The summed E-state index contributed by atoms with van der Waals surface area (Å²) < 4.78 is 1.50. The second-order valence-corrected chi connectivity index (χ2v) is 6.54. The largest absolute Gasteiger partial charge is 0.332 e. The van der Waals surface area contributed by atoms with Crippen molar-refractivity contribution in [1.82, 2.24) is 5.32 Å². The van der Waals surface area contributed by atoms with E-state index < -0.39 is 0 Å². The maximum absolute atomic E-state index is 12.6. The monoisotopic (exact) mass is 306 g/mol. The molecule has 1 aromatic rings. The summed E-state index contributed by atoms with van der Waals surface area (Å²) in [6.45, 7) is 6.35. The summed E-state index contributed by atoms with van der Waals surface area (Å²) in [6.07, 6.45) is 6.27. The lowest BCUT2D eigenvalue weighted by Gasteiger charge is -2.29. The molecule has 1 aromatic carbocycles. The average molecular weight is 306 g/mol. The molecular formula is C17H26N2OS. The standard InChI is InChI=1S/C17H26N2OS/c1-4-13-9-8-10-14(5-2)15(13)19(21)16(20)18-17(3)11-6-7-12-17/h8-10,21H,4-7,11-12H2,1-3H3,(H,18,20). The Bertz CT molecular complexity index is 487. The zero-order valence-corrected chi connectivity index (χ0v) is 14.2. The number of aryl methyl sites for hydroxylation is 2. The molecule has 1 fully saturated rings. The van der Waals surface area contributed by atoms with Crippen molar-refractivity contribution >= 4 is 24.5 Å². The van der Waals surface area contributed by atoms with Crippen LogP contribution in [-0.4, -0.2) is 11.6 Å². The number of hydrogen-bond acceptors (Lipinski definition) is 2. The van der Waals surface area contributed by atoms with Gasteiger partial charge in [0.2, 0.25) is 0 Å². The maximum Gasteiger partial charge on any atom is 0.332 e. The van der Waals surface area contributed by atoms with Gasteiger partial charge >= 0.3 is 6.03 Å². The van der Waals surface area contributed by atoms with Gasteiger partial charge in [0.15, 0.2) is 0 Å². The molecule has 116 valence electrons. The number of para-hydroxylation sites is 1. The normalized spacial score (nSPS) is 16.8. The van der Waals surface area contributed by atoms with Crippen LogP contribution in [0.1, 0.15) is 57.6 Å². The molecule has 0 aliphatic heterocycles. The van der Waals surface area contributed by atoms with E-state index in [1.807, 2.05) is 0 Å². The van der Waals surface area contributed by atoms with E-state index in [1.54, 1.807) is 0 Å². The highest BCUT2D eigenvalue weighted by Crippen LogP contribution is 2.32. The predicted octanol–water partition coefficient (Wildman–Crippen LogP) is 4.50. The van der Waals surface area contributed by atoms with Crippen molar-refractivity contribution < 1.29 is 4.79 Å². The highest BCUT2D eigenvalue weighted by Gasteiger charge is 2.32. The third-order valence-electron chi connectivity index (χ3n) is 4.48. The number of carbonyl (C=O) groups excluding carboxylic acids is 1. The lowest BCUT2D eigenvalue weighted by Crippen LogP contribution is -2.48. The van der Waals surface area contributed by atoms with Gasteiger partial charge in [-0.05, 0) is 43.7 Å². The molecule has 0 unspecified atom stereocenters. The summed E-state index contributed by atoms with van der Waals surface area (Å²) >= 11 is 4.49. The van der Waals surface area contributed by atoms with Crippen LogP contribution < -0.4 is 9.62 Å². The number of rotatable bonds is 4. The van der Waals surface area contributed by atoms with Gasteiger partial charge in [-0.1, -0.05) is 57.7 Å². The Hall–Kier alpha value is -1.16. The number of urea groups is 1. The number of anilines is 1. The van der Waals surface area contributed by atoms with Gasteiger partial charge in [0, 0.05) is 5.54 Å². The smallest absolute Gasteiger partial charge is 0.332 e. The number of hydrogen-bond donors (Lipinski definition) is 2. The SMILES string of the molecule is CCc1cccc(CC)c1N(S)C(=O)NC1(C)CCCC1. The fraction of sp³-hybridized carbons (Fsp3) is 0.588. The molecule has 1 aliphatic rings. The number of carbonyl (C=O) groups is 1. The van der Waals surface area contributed by atoms with Crippen molar-refractivity contribution in [3.05, 3.63) is 29.3 Å². The molecule has 1 aliphatic carbocycles. The molecule has 0 spiro atoms. The summed E-state index contributed by atoms with van der Waals surface area (Å²) in [5.74, 6) is 0. The molecule has 0 atom stereocenters. The molecule has 3 nitrogen and oxygen atoms in total. The minimum absolute atomic E-state index is 0.0778. The van der Waals surface area contributed by atoms with E-state index in [1.165, 1.54) is 17.1 Å². The van der Waals surface area contributed by atoms with Gasteiger partial charge < -0.3 is 5.32 Å². The Morgan fingerprint density at radius 1 is 1.24 bits per heavy atom. The highest BCUT2D eigenvalue weighted by atomic mass is 32.1. The molecule has 2 rings (SSSR count). The Morgan fingerprint density at radius 3 is 2.24 bits per heavy atom. The van der Waals surface area contributed by atoms with Crippen molar-refractivity contribution in [2.45, 2.75) is 64.8 Å². The van der Waals surface area contributed by atoms with Gasteiger partial charge in [-0.25, -0.2) is 9.10 Å². The Morgan fingerprint density at radius 2 is 1.76 bits per heavy atom. The molecular weight excluding hydrogens is 280 g/mol. The lowest BCUT2D eigenvalue weighted by atomic mass is 10.0. The van der Waals surface area contributed by atoms with Gasteiger partial charge in [-0.15, -0.1) is 0 Å². The zero-order chi connectivity index (χ0) is 15.5. The van der Waals surface area contributed by atoms with Crippen molar-refractivity contribution in [3.63, 3.8) is 0 Å². The first-order valence-electron chi connectivity index (χ1n) is 7.92. The van der Waals surface area contributed by atoms with E-state index in [2.05, 4.69) is 57.1 Å². The molecule has 0 aromatic heterocycles. The molecule has 21 heavy (non-hydrogen) atoms. The second-order valence-electron chi connectivity index (χ2n) is 6.14. The van der Waals surface area contributed by atoms with Crippen molar-refractivity contribution in [2.75, 3.05) is 4.31 Å². The molecule has 1 N–H and O–H groups in total.